The molecule has 0 aliphatic heterocycles. The van der Waals surface area contributed by atoms with Crippen LogP contribution in [0.1, 0.15) is 49.8 Å². The molecule has 19 heavy (non-hydrogen) atoms. The molecular weight excluding hydrogens is 236 g/mol. The molecule has 0 spiro atoms. The van der Waals surface area contributed by atoms with Crippen LogP contribution in [-0.2, 0) is 5.41 Å². The zero-order chi connectivity index (χ0) is 13.0. The molecular formula is C15H22N4. The molecule has 0 saturated heterocycles. The largest absolute Gasteiger partial charge is 0.307 e. The molecule has 4 aliphatic rings. The molecule has 1 aromatic heterocycles. The highest BCUT2D eigenvalue weighted by molar-refractivity contribution is 5.42. The Morgan fingerprint density at radius 3 is 2.16 bits per heavy atom. The molecule has 1 aromatic rings. The normalized spacial score (nSPS) is 39.6. The summed E-state index contributed by atoms with van der Waals surface area (Å²) >= 11 is 0. The van der Waals surface area contributed by atoms with Gasteiger partial charge in [0.15, 0.2) is 5.82 Å². The molecule has 1 heterocycles. The van der Waals surface area contributed by atoms with E-state index in [-0.39, 0.29) is 0 Å². The molecule has 4 bridgehead atoms. The summed E-state index contributed by atoms with van der Waals surface area (Å²) in [4.78, 5) is 0. The molecule has 0 amide bonds. The molecule has 102 valence electrons. The molecule has 4 nitrogen and oxygen atoms in total. The van der Waals surface area contributed by atoms with E-state index >= 15 is 0 Å². The minimum Gasteiger partial charge on any atom is -0.307 e. The van der Waals surface area contributed by atoms with E-state index in [1.165, 1.54) is 44.2 Å². The molecule has 5 rings (SSSR count). The van der Waals surface area contributed by atoms with Crippen LogP contribution in [0.5, 0.6) is 0 Å². The molecule has 0 atom stereocenters. The summed E-state index contributed by atoms with van der Waals surface area (Å²) in [5.41, 5.74) is 5.29. The topological polar surface area (TPSA) is 63.8 Å². The van der Waals surface area contributed by atoms with Gasteiger partial charge in [0.2, 0.25) is 0 Å². The monoisotopic (exact) mass is 258 g/mol. The predicted molar refractivity (Wildman–Crippen MR) is 74.4 cm³/mol. The van der Waals surface area contributed by atoms with E-state index in [0.29, 0.717) is 11.2 Å². The van der Waals surface area contributed by atoms with Crippen molar-refractivity contribution < 1.29 is 0 Å². The van der Waals surface area contributed by atoms with Crippen molar-refractivity contribution in [2.24, 2.45) is 23.6 Å². The summed E-state index contributed by atoms with van der Waals surface area (Å²) < 4.78 is 0. The highest BCUT2D eigenvalue weighted by Crippen LogP contribution is 2.60. The van der Waals surface area contributed by atoms with Gasteiger partial charge >= 0.3 is 0 Å². The number of anilines is 1. The Labute approximate surface area is 114 Å². The van der Waals surface area contributed by atoms with Crippen molar-refractivity contribution in [3.05, 3.63) is 17.3 Å². The molecule has 0 radical (unpaired) electrons. The predicted octanol–water partition coefficient (Wildman–Crippen LogP) is 2.54. The Bertz CT molecular complexity index is 476. The van der Waals surface area contributed by atoms with E-state index in [4.69, 9.17) is 5.84 Å². The van der Waals surface area contributed by atoms with E-state index in [1.54, 1.807) is 0 Å². The molecule has 4 saturated carbocycles. The standard InChI is InChI=1S/C15H22N4/c1-9-2-13(18-19-14(9)17-16)15-6-10-3-11(7-15)5-12(4-10)8-15/h2,10-12H,3-8,16H2,1H3,(H,17,19). The number of aromatic nitrogens is 2. The lowest BCUT2D eigenvalue weighted by molar-refractivity contribution is -0.00760. The van der Waals surface area contributed by atoms with Crippen LogP contribution in [0.3, 0.4) is 0 Å². The highest BCUT2D eigenvalue weighted by Gasteiger charge is 2.52. The first kappa shape index (κ1) is 11.6. The van der Waals surface area contributed by atoms with Crippen molar-refractivity contribution in [1.82, 2.24) is 10.2 Å². The van der Waals surface area contributed by atoms with Gasteiger partial charge in [-0.15, -0.1) is 5.10 Å². The minimum atomic E-state index is 0.333. The van der Waals surface area contributed by atoms with E-state index in [2.05, 4.69) is 28.6 Å². The zero-order valence-corrected chi connectivity index (χ0v) is 11.5. The van der Waals surface area contributed by atoms with Crippen molar-refractivity contribution in [3.8, 4) is 0 Å². The SMILES string of the molecule is Cc1cc(C23CC4CC(CC(C4)C2)C3)nnc1NN. The first-order chi connectivity index (χ1) is 9.18. The molecule has 0 unspecified atom stereocenters. The number of rotatable bonds is 2. The van der Waals surface area contributed by atoms with Crippen LogP contribution < -0.4 is 11.3 Å². The lowest BCUT2D eigenvalue weighted by Crippen LogP contribution is -2.49. The van der Waals surface area contributed by atoms with Gasteiger partial charge in [-0.3, -0.25) is 0 Å². The lowest BCUT2D eigenvalue weighted by atomic mass is 9.49. The van der Waals surface area contributed by atoms with Crippen molar-refractivity contribution >= 4 is 5.82 Å². The van der Waals surface area contributed by atoms with Crippen molar-refractivity contribution in [2.75, 3.05) is 5.43 Å². The van der Waals surface area contributed by atoms with E-state index in [1.807, 2.05) is 0 Å². The Balaban J connectivity index is 1.73. The molecule has 3 N–H and O–H groups in total. The number of nitrogens with one attached hydrogen (secondary N) is 1. The second-order valence-electron chi connectivity index (χ2n) is 7.10. The van der Waals surface area contributed by atoms with Crippen LogP contribution in [0.2, 0.25) is 0 Å². The second-order valence-corrected chi connectivity index (χ2v) is 7.10. The Morgan fingerprint density at radius 2 is 1.68 bits per heavy atom. The number of hydrogen-bond acceptors (Lipinski definition) is 4. The Kier molecular flexibility index (Phi) is 2.40. The minimum absolute atomic E-state index is 0.333. The van der Waals surface area contributed by atoms with Gasteiger partial charge in [-0.1, -0.05) is 0 Å². The van der Waals surface area contributed by atoms with Crippen LogP contribution in [-0.4, -0.2) is 10.2 Å². The third kappa shape index (κ3) is 1.69. The quantitative estimate of drug-likeness (QED) is 0.632. The molecule has 4 aliphatic carbocycles. The van der Waals surface area contributed by atoms with Gasteiger partial charge in [-0.2, -0.15) is 5.10 Å². The summed E-state index contributed by atoms with van der Waals surface area (Å²) in [7, 11) is 0. The summed E-state index contributed by atoms with van der Waals surface area (Å²) in [5, 5.41) is 8.78. The number of nitrogens with two attached hydrogens (primary N) is 1. The van der Waals surface area contributed by atoms with Gasteiger partial charge in [0, 0.05) is 5.41 Å². The maximum Gasteiger partial charge on any atom is 0.165 e. The van der Waals surface area contributed by atoms with E-state index in [9.17, 15) is 0 Å². The zero-order valence-electron chi connectivity index (χ0n) is 11.5. The van der Waals surface area contributed by atoms with E-state index in [0.717, 1.165) is 23.3 Å². The van der Waals surface area contributed by atoms with Gasteiger partial charge in [0.05, 0.1) is 5.69 Å². The van der Waals surface area contributed by atoms with Crippen LogP contribution in [0.4, 0.5) is 5.82 Å². The first-order valence-electron chi connectivity index (χ1n) is 7.50. The van der Waals surface area contributed by atoms with Crippen LogP contribution in [0.25, 0.3) is 0 Å². The fourth-order valence-corrected chi connectivity index (χ4v) is 5.31. The fraction of sp³-hybridized carbons (Fsp3) is 0.733. The van der Waals surface area contributed by atoms with Gasteiger partial charge in [0.25, 0.3) is 0 Å². The maximum absolute atomic E-state index is 5.45. The fourth-order valence-electron chi connectivity index (χ4n) is 5.31. The average Bonchev–Trinajstić information content (AvgIpc) is 2.37. The van der Waals surface area contributed by atoms with Gasteiger partial charge < -0.3 is 5.43 Å². The van der Waals surface area contributed by atoms with Gasteiger partial charge in [0.1, 0.15) is 0 Å². The summed E-state index contributed by atoms with van der Waals surface area (Å²) in [5.74, 6) is 8.99. The number of nitrogens with zero attached hydrogens (tertiary/aromatic N) is 2. The molecule has 0 aromatic carbocycles. The van der Waals surface area contributed by atoms with Gasteiger partial charge in [-0.05, 0) is 74.8 Å². The molecule has 4 heteroatoms. The first-order valence-corrected chi connectivity index (χ1v) is 7.50. The van der Waals surface area contributed by atoms with Crippen molar-refractivity contribution in [2.45, 2.75) is 50.9 Å². The summed E-state index contributed by atoms with van der Waals surface area (Å²) in [6.07, 6.45) is 8.41. The third-order valence-corrected chi connectivity index (χ3v) is 5.70. The Hall–Kier alpha value is -1.16. The van der Waals surface area contributed by atoms with Crippen LogP contribution >= 0.6 is 0 Å². The molecule has 4 fully saturated rings. The highest BCUT2D eigenvalue weighted by atomic mass is 15.3. The lowest BCUT2D eigenvalue weighted by Gasteiger charge is -2.56. The number of aryl methyl sites for hydroxylation is 1. The number of hydrazine groups is 1. The van der Waals surface area contributed by atoms with E-state index < -0.39 is 0 Å². The maximum atomic E-state index is 5.45. The second kappa shape index (κ2) is 3.92. The van der Waals surface area contributed by atoms with Gasteiger partial charge in [-0.25, -0.2) is 5.84 Å². The number of hydrogen-bond donors (Lipinski definition) is 2. The summed E-state index contributed by atoms with van der Waals surface area (Å²) in [6.45, 7) is 2.06. The van der Waals surface area contributed by atoms with Crippen molar-refractivity contribution in [3.63, 3.8) is 0 Å². The summed E-state index contributed by atoms with van der Waals surface area (Å²) in [6, 6.07) is 2.22. The van der Waals surface area contributed by atoms with Crippen LogP contribution in [0.15, 0.2) is 6.07 Å². The Morgan fingerprint density at radius 1 is 1.11 bits per heavy atom. The van der Waals surface area contributed by atoms with Crippen LogP contribution in [0, 0.1) is 24.7 Å². The smallest absolute Gasteiger partial charge is 0.165 e. The number of nitrogen functional groups attached to an aromatic ring is 1. The van der Waals surface area contributed by atoms with Crippen molar-refractivity contribution in [1.29, 1.82) is 0 Å². The average molecular weight is 258 g/mol. The third-order valence-electron chi connectivity index (χ3n) is 5.70.